The van der Waals surface area contributed by atoms with Gasteiger partial charge in [-0.2, -0.15) is 40.3 Å². The van der Waals surface area contributed by atoms with Crippen LogP contribution in [0.4, 0.5) is 115 Å². The third-order valence-electron chi connectivity index (χ3n) is 21.4. The summed E-state index contributed by atoms with van der Waals surface area (Å²) in [6, 6.07) is 76.2. The van der Waals surface area contributed by atoms with Crippen molar-refractivity contribution < 1.29 is 19.2 Å². The maximum Gasteiger partial charge on any atom is 0.323 e. The molecule has 4 saturated carbocycles. The minimum atomic E-state index is -0.315. The van der Waals surface area contributed by atoms with Gasteiger partial charge in [-0.15, -0.1) is 0 Å². The maximum absolute atomic E-state index is 12.5. The molecule has 31 nitrogen and oxygen atoms in total. The Hall–Kier alpha value is -16.6. The van der Waals surface area contributed by atoms with Crippen molar-refractivity contribution in [2.75, 3.05) is 58.5 Å². The van der Waals surface area contributed by atoms with Crippen LogP contribution in [0.25, 0.3) is 0 Å². The Bertz CT molecular complexity index is 6630. The molecular formula is C99H97N27O4. The number of carbonyl (C=O) groups is 4. The summed E-state index contributed by atoms with van der Waals surface area (Å²) in [6.07, 6.45) is 17.7. The van der Waals surface area contributed by atoms with Crippen LogP contribution in [0.1, 0.15) is 157 Å². The number of urea groups is 1. The number of aromatic amines is 4. The van der Waals surface area contributed by atoms with Crippen LogP contribution in [0.15, 0.2) is 267 Å². The van der Waals surface area contributed by atoms with Crippen LogP contribution in [0.3, 0.4) is 0 Å². The molecule has 0 atom stereocenters. The lowest BCUT2D eigenvalue weighted by Crippen LogP contribution is -2.19. The van der Waals surface area contributed by atoms with Crippen LogP contribution in [0, 0.1) is 27.7 Å². The van der Waals surface area contributed by atoms with Gasteiger partial charge in [-0.3, -0.25) is 34.8 Å². The van der Waals surface area contributed by atoms with E-state index in [1.165, 1.54) is 68.3 Å². The summed E-state index contributed by atoms with van der Waals surface area (Å²) in [5, 5.41) is 63.7. The Morgan fingerprint density at radius 3 is 1.00 bits per heavy atom. The minimum absolute atomic E-state index is 0.111. The van der Waals surface area contributed by atoms with Crippen molar-refractivity contribution in [3.63, 3.8) is 0 Å². The summed E-state index contributed by atoms with van der Waals surface area (Å²) in [6.45, 7) is 7.97. The second-order valence-electron chi connectivity index (χ2n) is 32.7. The van der Waals surface area contributed by atoms with Gasteiger partial charge in [-0.1, -0.05) is 120 Å². The fourth-order valence-electron chi connectivity index (χ4n) is 14.2. The topological polar surface area (TPSA) is 418 Å². The molecule has 8 aromatic heterocycles. The summed E-state index contributed by atoms with van der Waals surface area (Å²) < 4.78 is 0. The molecule has 0 unspecified atom stereocenters. The number of hydrogen-bond acceptors (Lipinski definition) is 24. The Morgan fingerprint density at radius 2 is 0.608 bits per heavy atom. The van der Waals surface area contributed by atoms with Crippen molar-refractivity contribution in [1.29, 1.82) is 0 Å². The van der Waals surface area contributed by atoms with Gasteiger partial charge in [-0.05, 0) is 217 Å². The van der Waals surface area contributed by atoms with Crippen molar-refractivity contribution in [3.8, 4) is 0 Å². The Morgan fingerprint density at radius 1 is 0.285 bits per heavy atom. The highest BCUT2D eigenvalue weighted by molar-refractivity contribution is 6.05. The van der Waals surface area contributed by atoms with Crippen molar-refractivity contribution in [2.45, 2.75) is 122 Å². The molecule has 20 rings (SSSR count). The lowest BCUT2D eigenvalue weighted by atomic mass is 10.0. The summed E-state index contributed by atoms with van der Waals surface area (Å²) in [5.41, 5.74) is 18.7. The normalized spacial score (nSPS) is 12.9. The van der Waals surface area contributed by atoms with Gasteiger partial charge in [0.05, 0.1) is 0 Å². The quantitative estimate of drug-likeness (QED) is 0.0179. The number of Topliss-reactive ketones (excluding diaryl/α,β-unsaturated/α-hetero) is 2. The monoisotopic (exact) mass is 1730 g/mol. The molecule has 130 heavy (non-hydrogen) atoms. The molecule has 4 aliphatic rings. The zero-order valence-electron chi connectivity index (χ0n) is 72.0. The molecule has 0 radical (unpaired) electrons. The van der Waals surface area contributed by atoms with E-state index in [-0.39, 0.29) is 23.5 Å². The average molecular weight is 1730 g/mol. The molecule has 4 fully saturated rings. The van der Waals surface area contributed by atoms with E-state index in [4.69, 9.17) is 0 Å². The lowest BCUT2D eigenvalue weighted by molar-refractivity contribution is -0.117. The van der Waals surface area contributed by atoms with Gasteiger partial charge in [0.25, 0.3) is 5.91 Å². The number of nitrogens with zero attached hydrogens (tertiary/aromatic N) is 12. The number of ketones is 2. The third-order valence-corrected chi connectivity index (χ3v) is 21.4. The van der Waals surface area contributed by atoms with E-state index in [0.717, 1.165) is 102 Å². The Balaban J connectivity index is 0.000000121. The highest BCUT2D eigenvalue weighted by atomic mass is 16.2. The molecule has 0 aliphatic heterocycles. The highest BCUT2D eigenvalue weighted by Gasteiger charge is 2.29. The number of amides is 3. The van der Waals surface area contributed by atoms with Crippen molar-refractivity contribution >= 4 is 134 Å². The van der Waals surface area contributed by atoms with Crippen molar-refractivity contribution in [3.05, 3.63) is 340 Å². The number of carbonyl (C=O) groups excluding carboxylic acids is 4. The van der Waals surface area contributed by atoms with Crippen LogP contribution >= 0.6 is 0 Å². The molecule has 0 saturated heterocycles. The zero-order valence-corrected chi connectivity index (χ0v) is 72.0. The Kier molecular flexibility index (Phi) is 26.7. The van der Waals surface area contributed by atoms with E-state index in [1.807, 2.05) is 234 Å². The standard InChI is InChI=1S/C26H26N6O.C25H24N6O.C24H24N8O.C24H23N7O/c1-17-3-2-4-19(13-17)15-22(33)14-18-5-9-21(10-6-18)28-26-27-12-11-24(30-26)29-25-16-23(31-32-25)20-7-8-20;1-16-3-2-4-19(13-16)22(32)14-17-5-9-20(10-6-17)27-25-26-12-11-23(29-25)28-24-15-21(30-31-24)18-7-8-18;1-15-4-2-5-17(12-15)27-24(33)28-19-7-3-6-18(13-19)26-23-25-11-10-21(30-23)29-22-14-20(31-32-22)16-8-9-16;1-15-4-2-5-17(12-15)23(32)26-18-6-3-7-19(13-18)27-24-25-11-10-21(29-24)28-22-14-20(30-31-22)16-8-9-16/h2-6,9-13,16,20H,7-8,14-15H2,1H3,(H3,27,28,29,30,31,32);2-6,9-13,15,18H,7-8,14H2,1H3,(H3,26,27,28,29,30,31);2-7,10-14,16H,8-9H2,1H3,(H2,27,28,33)(H3,25,26,29,30,31,32);2-7,10-14,16H,8-9H2,1H3,(H,26,32)(H3,25,27,28,29,30,31). The van der Waals surface area contributed by atoms with Gasteiger partial charge in [0.2, 0.25) is 23.8 Å². The molecule has 652 valence electrons. The fourth-order valence-corrected chi connectivity index (χ4v) is 14.2. The molecular weight excluding hydrogens is 1630 g/mol. The molecule has 3 amide bonds. The minimum Gasteiger partial charge on any atom is -0.324 e. The average Bonchev–Trinajstić information content (AvgIpc) is 1.64. The Labute approximate surface area is 750 Å². The maximum atomic E-state index is 12.5. The summed E-state index contributed by atoms with van der Waals surface area (Å²) in [5.74, 6) is 10.0. The molecule has 4 aliphatic carbocycles. The number of aromatic nitrogens is 16. The molecule has 31 heteroatoms. The number of nitrogens with one attached hydrogen (secondary N) is 15. The lowest BCUT2D eigenvalue weighted by Gasteiger charge is -2.11. The first kappa shape index (κ1) is 85.6. The first-order chi connectivity index (χ1) is 63.4. The summed E-state index contributed by atoms with van der Waals surface area (Å²) in [7, 11) is 0. The number of aryl methyl sites for hydroxylation is 4. The third kappa shape index (κ3) is 25.4. The SMILES string of the molecule is Cc1cccc(C(=O)Cc2ccc(Nc3nccc(Nc4cc(C5CC5)[nH]n4)n3)cc2)c1.Cc1cccc(C(=O)Nc2cccc(Nc3nccc(Nc4cc(C5CC5)[nH]n4)n3)c2)c1.Cc1cccc(CC(=O)Cc2ccc(Nc3nccc(Nc4cc(C5CC5)[nH]n4)n3)cc2)c1.Cc1cccc(NC(=O)Nc2cccc(Nc3nccc(Nc4cc(C5CC5)[nH]n4)n3)c2)c1. The number of benzene rings is 8. The van der Waals surface area contributed by atoms with Gasteiger partial charge in [0, 0.05) is 166 Å². The first-order valence-corrected chi connectivity index (χ1v) is 43.2. The van der Waals surface area contributed by atoms with Crippen LogP contribution in [0.5, 0.6) is 0 Å². The summed E-state index contributed by atoms with van der Waals surface area (Å²) >= 11 is 0. The van der Waals surface area contributed by atoms with Gasteiger partial charge in [0.1, 0.15) is 29.1 Å². The van der Waals surface area contributed by atoms with Crippen LogP contribution in [-0.2, 0) is 24.1 Å². The van der Waals surface area contributed by atoms with E-state index in [1.54, 1.807) is 55.1 Å². The zero-order chi connectivity index (χ0) is 89.1. The predicted molar refractivity (Wildman–Crippen MR) is 508 cm³/mol. The molecule has 15 N–H and O–H groups in total. The molecule has 0 spiro atoms. The van der Waals surface area contributed by atoms with Crippen molar-refractivity contribution in [2.24, 2.45) is 0 Å². The van der Waals surface area contributed by atoms with E-state index < -0.39 is 0 Å². The molecule has 0 bridgehead atoms. The van der Waals surface area contributed by atoms with Gasteiger partial charge >= 0.3 is 6.03 Å². The van der Waals surface area contributed by atoms with Crippen molar-refractivity contribution in [1.82, 2.24) is 80.7 Å². The highest BCUT2D eigenvalue weighted by Crippen LogP contribution is 2.43. The molecule has 8 aromatic carbocycles. The number of anilines is 19. The van der Waals surface area contributed by atoms with E-state index in [0.29, 0.717) is 107 Å². The van der Waals surface area contributed by atoms with Crippen LogP contribution < -0.4 is 58.5 Å². The number of H-pyrrole nitrogens is 4. The summed E-state index contributed by atoms with van der Waals surface area (Å²) in [4.78, 5) is 85.0. The van der Waals surface area contributed by atoms with Gasteiger partial charge in [-0.25, -0.2) is 24.7 Å². The van der Waals surface area contributed by atoms with E-state index in [2.05, 4.69) is 145 Å². The fraction of sp³-hybridized carbons (Fsp3) is 0.192. The van der Waals surface area contributed by atoms with E-state index in [9.17, 15) is 19.2 Å². The van der Waals surface area contributed by atoms with Gasteiger partial charge < -0.3 is 58.5 Å². The smallest absolute Gasteiger partial charge is 0.323 e. The number of hydrogen-bond donors (Lipinski definition) is 15. The molecule has 8 heterocycles. The second-order valence-corrected chi connectivity index (χ2v) is 32.7. The van der Waals surface area contributed by atoms with Gasteiger partial charge in [0.15, 0.2) is 29.1 Å². The number of rotatable bonds is 31. The van der Waals surface area contributed by atoms with Crippen LogP contribution in [-0.4, -0.2) is 104 Å². The van der Waals surface area contributed by atoms with E-state index >= 15 is 0 Å². The second kappa shape index (κ2) is 40.6. The predicted octanol–water partition coefficient (Wildman–Crippen LogP) is 21.2. The largest absolute Gasteiger partial charge is 0.324 e. The molecule has 16 aromatic rings. The first-order valence-electron chi connectivity index (χ1n) is 43.2. The van der Waals surface area contributed by atoms with Crippen LogP contribution in [0.2, 0.25) is 0 Å².